The van der Waals surface area contributed by atoms with Crippen molar-refractivity contribution in [2.24, 2.45) is 13.0 Å². The van der Waals surface area contributed by atoms with Crippen molar-refractivity contribution < 1.29 is 9.18 Å². The first-order chi connectivity index (χ1) is 11.4. The Morgan fingerprint density at radius 2 is 2.21 bits per heavy atom. The van der Waals surface area contributed by atoms with Crippen LogP contribution >= 0.6 is 23.8 Å². The van der Waals surface area contributed by atoms with E-state index in [0.717, 1.165) is 5.56 Å². The number of pyridine rings is 1. The smallest absolute Gasteiger partial charge is 0.236 e. The van der Waals surface area contributed by atoms with Gasteiger partial charge in [0.1, 0.15) is 11.0 Å². The highest BCUT2D eigenvalue weighted by atomic mass is 35.5. The zero-order chi connectivity index (χ0) is 17.4. The number of hydrogen-bond donors (Lipinski definition) is 1. The highest BCUT2D eigenvalue weighted by molar-refractivity contribution is 7.80. The van der Waals surface area contributed by atoms with Crippen LogP contribution in [0.15, 0.2) is 24.4 Å². The van der Waals surface area contributed by atoms with Gasteiger partial charge in [-0.1, -0.05) is 29.9 Å². The van der Waals surface area contributed by atoms with Crippen LogP contribution in [-0.2, 0) is 11.8 Å². The Hall–Kier alpha value is -2.06. The van der Waals surface area contributed by atoms with Gasteiger partial charge in [-0.15, -0.1) is 0 Å². The zero-order valence-corrected chi connectivity index (χ0v) is 14.6. The maximum absolute atomic E-state index is 13.2. The van der Waals surface area contributed by atoms with Gasteiger partial charge in [-0.05, 0) is 12.1 Å². The normalized spacial score (nSPS) is 20.5. The minimum atomic E-state index is -0.661. The Bertz CT molecular complexity index is 811. The Morgan fingerprint density at radius 3 is 2.83 bits per heavy atom. The molecule has 0 radical (unpaired) electrons. The Morgan fingerprint density at radius 1 is 1.46 bits per heavy atom. The van der Waals surface area contributed by atoms with Gasteiger partial charge in [-0.2, -0.15) is 9.49 Å². The molecule has 0 aliphatic carbocycles. The van der Waals surface area contributed by atoms with Crippen LogP contribution in [0.3, 0.4) is 0 Å². The molecule has 1 amide bonds. The molecule has 0 bridgehead atoms. The second-order valence-electron chi connectivity index (χ2n) is 5.65. The van der Waals surface area contributed by atoms with Crippen LogP contribution in [0.1, 0.15) is 11.5 Å². The first-order valence-corrected chi connectivity index (χ1v) is 8.03. The molecule has 2 aromatic rings. The van der Waals surface area contributed by atoms with Crippen LogP contribution in [0, 0.1) is 11.9 Å². The summed E-state index contributed by atoms with van der Waals surface area (Å²) in [5.41, 5.74) is 0.762. The Balaban J connectivity index is 1.89. The molecule has 0 saturated carbocycles. The molecule has 1 aliphatic heterocycles. The average Bonchev–Trinajstić information content (AvgIpc) is 3.00. The van der Waals surface area contributed by atoms with Gasteiger partial charge < -0.3 is 10.2 Å². The summed E-state index contributed by atoms with van der Waals surface area (Å²) in [7, 11) is 3.56. The summed E-state index contributed by atoms with van der Waals surface area (Å²) in [5, 5.41) is 7.23. The average molecular weight is 368 g/mol. The molecule has 3 rings (SSSR count). The van der Waals surface area contributed by atoms with Gasteiger partial charge in [-0.25, -0.2) is 4.98 Å². The lowest BCUT2D eigenvalue weighted by Crippen LogP contribution is -2.32. The van der Waals surface area contributed by atoms with Crippen LogP contribution in [-0.4, -0.2) is 44.2 Å². The van der Waals surface area contributed by atoms with Crippen molar-refractivity contribution in [1.82, 2.24) is 19.7 Å². The van der Waals surface area contributed by atoms with Crippen LogP contribution in [0.5, 0.6) is 0 Å². The van der Waals surface area contributed by atoms with Crippen molar-refractivity contribution in [2.45, 2.75) is 5.92 Å². The molecular formula is C15H15ClFN5OS. The van der Waals surface area contributed by atoms with Crippen molar-refractivity contribution in [3.05, 3.63) is 41.1 Å². The molecule has 0 unspecified atom stereocenters. The molecule has 3 heterocycles. The van der Waals surface area contributed by atoms with Gasteiger partial charge in [0.15, 0.2) is 0 Å². The SMILES string of the molecule is CN1C[C@H](c2cnn(C)c2Cl)[C@@H](C(=O)Nc2cccc(F)n2)C1=S. The van der Waals surface area contributed by atoms with Crippen LogP contribution < -0.4 is 5.32 Å². The van der Waals surface area contributed by atoms with E-state index in [1.54, 1.807) is 17.9 Å². The van der Waals surface area contributed by atoms with Gasteiger partial charge in [0.05, 0.1) is 17.1 Å². The first kappa shape index (κ1) is 16.8. The number of carbonyl (C=O) groups is 1. The van der Waals surface area contributed by atoms with Crippen LogP contribution in [0.2, 0.25) is 5.15 Å². The summed E-state index contributed by atoms with van der Waals surface area (Å²) in [6.07, 6.45) is 1.65. The minimum Gasteiger partial charge on any atom is -0.368 e. The predicted octanol–water partition coefficient (Wildman–Crippen LogP) is 2.22. The number of aryl methyl sites for hydroxylation is 1. The van der Waals surface area contributed by atoms with E-state index in [-0.39, 0.29) is 17.6 Å². The van der Waals surface area contributed by atoms with E-state index in [9.17, 15) is 9.18 Å². The molecule has 0 spiro atoms. The first-order valence-electron chi connectivity index (χ1n) is 7.24. The highest BCUT2D eigenvalue weighted by Crippen LogP contribution is 2.37. The number of amides is 1. The molecule has 2 atom stereocenters. The molecule has 1 N–H and O–H groups in total. The molecule has 0 aromatic carbocycles. The van der Waals surface area contributed by atoms with Crippen molar-refractivity contribution >= 4 is 40.5 Å². The second kappa shape index (κ2) is 6.45. The summed E-state index contributed by atoms with van der Waals surface area (Å²) in [6, 6.07) is 4.21. The third-order valence-corrected chi connectivity index (χ3v) is 5.08. The number of hydrogen-bond acceptors (Lipinski definition) is 4. The number of halogens is 2. The van der Waals surface area contributed by atoms with Gasteiger partial charge in [0.25, 0.3) is 0 Å². The van der Waals surface area contributed by atoms with E-state index >= 15 is 0 Å². The van der Waals surface area contributed by atoms with E-state index in [1.165, 1.54) is 18.2 Å². The number of anilines is 1. The summed E-state index contributed by atoms with van der Waals surface area (Å²) < 4.78 is 14.7. The van der Waals surface area contributed by atoms with Gasteiger partial charge >= 0.3 is 0 Å². The third kappa shape index (κ3) is 2.99. The number of carbonyl (C=O) groups excluding carboxylic acids is 1. The fraction of sp³-hybridized carbons (Fsp3) is 0.333. The van der Waals surface area contributed by atoms with E-state index in [1.807, 2.05) is 11.9 Å². The number of likely N-dealkylation sites (tertiary alicyclic amines) is 1. The highest BCUT2D eigenvalue weighted by Gasteiger charge is 2.43. The van der Waals surface area contributed by atoms with E-state index in [2.05, 4.69) is 15.4 Å². The predicted molar refractivity (Wildman–Crippen MR) is 92.5 cm³/mol. The van der Waals surface area contributed by atoms with E-state index in [4.69, 9.17) is 23.8 Å². The van der Waals surface area contributed by atoms with E-state index in [0.29, 0.717) is 16.7 Å². The number of nitrogens with one attached hydrogen (secondary N) is 1. The van der Waals surface area contributed by atoms with Gasteiger partial charge in [0, 0.05) is 32.1 Å². The molecule has 6 nitrogen and oxygen atoms in total. The van der Waals surface area contributed by atoms with E-state index < -0.39 is 11.9 Å². The molecular weight excluding hydrogens is 353 g/mol. The van der Waals surface area contributed by atoms with Gasteiger partial charge in [-0.3, -0.25) is 9.48 Å². The lowest BCUT2D eigenvalue weighted by molar-refractivity contribution is -0.118. The number of aromatic nitrogens is 3. The molecule has 2 aromatic heterocycles. The third-order valence-electron chi connectivity index (χ3n) is 4.06. The molecule has 1 fully saturated rings. The fourth-order valence-electron chi connectivity index (χ4n) is 2.84. The molecule has 126 valence electrons. The fourth-order valence-corrected chi connectivity index (χ4v) is 3.42. The summed E-state index contributed by atoms with van der Waals surface area (Å²) in [5.74, 6) is -1.68. The summed E-state index contributed by atoms with van der Waals surface area (Å²) in [6.45, 7) is 0.554. The van der Waals surface area contributed by atoms with Crippen LogP contribution in [0.4, 0.5) is 10.2 Å². The lowest BCUT2D eigenvalue weighted by atomic mass is 9.90. The van der Waals surface area contributed by atoms with Crippen molar-refractivity contribution in [3.63, 3.8) is 0 Å². The quantitative estimate of drug-likeness (QED) is 0.665. The number of rotatable bonds is 3. The van der Waals surface area contributed by atoms with Crippen molar-refractivity contribution in [1.29, 1.82) is 0 Å². The van der Waals surface area contributed by atoms with Crippen molar-refractivity contribution in [2.75, 3.05) is 18.9 Å². The monoisotopic (exact) mass is 367 g/mol. The Kier molecular flexibility index (Phi) is 4.51. The number of likely N-dealkylation sites (N-methyl/N-ethyl adjacent to an activating group) is 1. The van der Waals surface area contributed by atoms with Crippen molar-refractivity contribution in [3.8, 4) is 0 Å². The molecule has 1 aliphatic rings. The maximum atomic E-state index is 13.2. The molecule has 1 saturated heterocycles. The molecule has 9 heteroatoms. The topological polar surface area (TPSA) is 63.1 Å². The Labute approximate surface area is 148 Å². The maximum Gasteiger partial charge on any atom is 0.236 e. The summed E-state index contributed by atoms with van der Waals surface area (Å²) >= 11 is 11.7. The lowest BCUT2D eigenvalue weighted by Gasteiger charge is -2.17. The van der Waals surface area contributed by atoms with Crippen LogP contribution in [0.25, 0.3) is 0 Å². The minimum absolute atomic E-state index is 0.147. The number of nitrogens with zero attached hydrogens (tertiary/aromatic N) is 4. The summed E-state index contributed by atoms with van der Waals surface area (Å²) in [4.78, 5) is 18.7. The standard InChI is InChI=1S/C15H15ClFN5OS/c1-21-7-9(8-6-18-22(2)13(8)16)12(15(21)24)14(23)20-11-5-3-4-10(17)19-11/h3-6,9,12H,7H2,1-2H3,(H,19,20,23)/t9-,12+/m1/s1. The largest absolute Gasteiger partial charge is 0.368 e. The van der Waals surface area contributed by atoms with Gasteiger partial charge in [0.2, 0.25) is 11.9 Å². The number of thiocarbonyl (C=S) groups is 1. The second-order valence-corrected chi connectivity index (χ2v) is 6.43. The molecule has 24 heavy (non-hydrogen) atoms. The zero-order valence-electron chi connectivity index (χ0n) is 13.0.